The molecule has 3 aliphatic rings. The molecular formula is C34H37FN4O2. The minimum Gasteiger partial charge on any atom is -0.357 e. The maximum Gasteiger partial charge on any atom is 0.242 e. The summed E-state index contributed by atoms with van der Waals surface area (Å²) in [5.74, 6) is -0.404. The van der Waals surface area contributed by atoms with Gasteiger partial charge in [-0.05, 0) is 35.6 Å². The van der Waals surface area contributed by atoms with E-state index in [-0.39, 0.29) is 29.5 Å². The Labute approximate surface area is 241 Å². The fourth-order valence-electron chi connectivity index (χ4n) is 6.49. The summed E-state index contributed by atoms with van der Waals surface area (Å²) in [7, 11) is 0. The number of allylic oxidation sites excluding steroid dienone is 1. The number of hydrogen-bond acceptors (Lipinski definition) is 5. The number of piperazine rings is 1. The zero-order valence-corrected chi connectivity index (χ0v) is 23.8. The molecular weight excluding hydrogens is 515 g/mol. The molecule has 6 nitrogen and oxygen atoms in total. The van der Waals surface area contributed by atoms with Crippen LogP contribution in [0, 0.1) is 11.2 Å². The number of amides is 1. The van der Waals surface area contributed by atoms with Crippen molar-refractivity contribution in [1.29, 1.82) is 0 Å². The van der Waals surface area contributed by atoms with E-state index in [1.54, 1.807) is 18.2 Å². The molecule has 0 bridgehead atoms. The second kappa shape index (κ2) is 11.1. The molecule has 1 fully saturated rings. The molecule has 0 saturated carbocycles. The number of halogens is 1. The van der Waals surface area contributed by atoms with Crippen molar-refractivity contribution in [3.05, 3.63) is 107 Å². The summed E-state index contributed by atoms with van der Waals surface area (Å²) in [5, 5.41) is 3.54. The van der Waals surface area contributed by atoms with Crippen LogP contribution in [0.4, 0.5) is 15.8 Å². The highest BCUT2D eigenvalue weighted by Gasteiger charge is 2.43. The second-order valence-electron chi connectivity index (χ2n) is 12.2. The fourth-order valence-corrected chi connectivity index (χ4v) is 6.49. The van der Waals surface area contributed by atoms with Gasteiger partial charge in [-0.2, -0.15) is 0 Å². The van der Waals surface area contributed by atoms with Crippen LogP contribution < -0.4 is 10.2 Å². The molecule has 6 rings (SSSR count). The molecule has 0 aromatic heterocycles. The van der Waals surface area contributed by atoms with Gasteiger partial charge in [0.1, 0.15) is 5.82 Å². The third-order valence-electron chi connectivity index (χ3n) is 8.48. The van der Waals surface area contributed by atoms with Crippen molar-refractivity contribution in [3.8, 4) is 0 Å². The molecule has 1 unspecified atom stereocenters. The maximum absolute atomic E-state index is 15.5. The Kier molecular flexibility index (Phi) is 7.39. The number of carbonyl (C=O) groups is 2. The number of para-hydroxylation sites is 2. The van der Waals surface area contributed by atoms with Gasteiger partial charge < -0.3 is 15.1 Å². The van der Waals surface area contributed by atoms with Crippen LogP contribution in [0.15, 0.2) is 90.1 Å². The van der Waals surface area contributed by atoms with Gasteiger partial charge in [0.25, 0.3) is 0 Å². The number of nitrogens with zero attached hydrogens (tertiary/aromatic N) is 3. The average Bonchev–Trinajstić information content (AvgIpc) is 3.08. The number of nitrogens with one attached hydrogen (secondary N) is 1. The number of ketones is 1. The first kappa shape index (κ1) is 27.2. The number of benzene rings is 3. The molecule has 1 saturated heterocycles. The lowest BCUT2D eigenvalue weighted by Crippen LogP contribution is -2.51. The molecule has 1 N–H and O–H groups in total. The molecule has 7 heteroatoms. The van der Waals surface area contributed by atoms with Gasteiger partial charge in [0, 0.05) is 56.0 Å². The standard InChI is InChI=1S/C34H37FN4O2/c1-34(2)20-28-32(30(40)21-34)33(25-12-6-7-13-26(25)35)39(29-15-9-8-14-27(29)36-28)23-31(41)38-18-16-37(17-19-38)22-24-10-4-3-5-11-24/h3-15,33,36H,16-23H2,1-2H3. The van der Waals surface area contributed by atoms with E-state index in [4.69, 9.17) is 0 Å². The van der Waals surface area contributed by atoms with Crippen LogP contribution in [0.2, 0.25) is 0 Å². The van der Waals surface area contributed by atoms with Crippen LogP contribution in [0.3, 0.4) is 0 Å². The lowest BCUT2D eigenvalue weighted by molar-refractivity contribution is -0.131. The minimum absolute atomic E-state index is 0.00298. The van der Waals surface area contributed by atoms with Gasteiger partial charge in [-0.1, -0.05) is 74.5 Å². The van der Waals surface area contributed by atoms with Crippen LogP contribution in [-0.4, -0.2) is 54.2 Å². The van der Waals surface area contributed by atoms with Crippen LogP contribution in [-0.2, 0) is 16.1 Å². The third-order valence-corrected chi connectivity index (χ3v) is 8.48. The lowest BCUT2D eigenvalue weighted by Gasteiger charge is -2.40. The Morgan fingerprint density at radius 1 is 0.902 bits per heavy atom. The minimum atomic E-state index is -0.714. The van der Waals surface area contributed by atoms with Crippen LogP contribution >= 0.6 is 0 Å². The van der Waals surface area contributed by atoms with E-state index in [0.29, 0.717) is 37.1 Å². The molecule has 41 heavy (non-hydrogen) atoms. The fraction of sp³-hybridized carbons (Fsp3) is 0.353. The molecule has 0 spiro atoms. The Bertz CT molecular complexity index is 1480. The number of fused-ring (bicyclic) bond motifs is 1. The maximum atomic E-state index is 15.5. The molecule has 212 valence electrons. The summed E-state index contributed by atoms with van der Waals surface area (Å²) in [4.78, 5) is 33.9. The van der Waals surface area contributed by atoms with Crippen LogP contribution in [0.25, 0.3) is 0 Å². The second-order valence-corrected chi connectivity index (χ2v) is 12.2. The van der Waals surface area contributed by atoms with E-state index >= 15 is 4.39 Å². The Morgan fingerprint density at radius 2 is 1.59 bits per heavy atom. The first-order valence-electron chi connectivity index (χ1n) is 14.5. The number of hydrogen-bond donors (Lipinski definition) is 1. The van der Waals surface area contributed by atoms with Gasteiger partial charge in [-0.25, -0.2) is 4.39 Å². The molecule has 1 atom stereocenters. The topological polar surface area (TPSA) is 55.9 Å². The normalized spacial score (nSPS) is 20.7. The van der Waals surface area contributed by atoms with Crippen LogP contribution in [0.1, 0.15) is 43.9 Å². The zero-order valence-electron chi connectivity index (χ0n) is 23.8. The molecule has 2 heterocycles. The predicted molar refractivity (Wildman–Crippen MR) is 160 cm³/mol. The summed E-state index contributed by atoms with van der Waals surface area (Å²) < 4.78 is 15.5. The van der Waals surface area contributed by atoms with Crippen molar-refractivity contribution in [2.45, 2.75) is 39.3 Å². The summed E-state index contributed by atoms with van der Waals surface area (Å²) in [6, 6.07) is 24.1. The summed E-state index contributed by atoms with van der Waals surface area (Å²) in [6.07, 6.45) is 1.04. The summed E-state index contributed by atoms with van der Waals surface area (Å²) in [6.45, 7) is 7.92. The largest absolute Gasteiger partial charge is 0.357 e. The van der Waals surface area contributed by atoms with Crippen molar-refractivity contribution in [1.82, 2.24) is 9.80 Å². The number of Topliss-reactive ketones (excluding diaryl/α,β-unsaturated/α-hetero) is 1. The van der Waals surface area contributed by atoms with Crippen molar-refractivity contribution in [2.75, 3.05) is 42.9 Å². The molecule has 3 aromatic rings. The van der Waals surface area contributed by atoms with Gasteiger partial charge in [0.2, 0.25) is 5.91 Å². The van der Waals surface area contributed by atoms with E-state index in [2.05, 4.69) is 36.2 Å². The first-order chi connectivity index (χ1) is 19.8. The Balaban J connectivity index is 1.32. The van der Waals surface area contributed by atoms with Gasteiger partial charge in [-0.3, -0.25) is 14.5 Å². The van der Waals surface area contributed by atoms with Crippen LogP contribution in [0.5, 0.6) is 0 Å². The van der Waals surface area contributed by atoms with Gasteiger partial charge in [0.05, 0.1) is 24.0 Å². The van der Waals surface area contributed by atoms with E-state index in [0.717, 1.165) is 36.7 Å². The van der Waals surface area contributed by atoms with E-state index in [1.807, 2.05) is 52.3 Å². The van der Waals surface area contributed by atoms with E-state index < -0.39 is 6.04 Å². The van der Waals surface area contributed by atoms with Gasteiger partial charge in [0.15, 0.2) is 5.78 Å². The molecule has 0 radical (unpaired) electrons. The number of anilines is 2. The molecule has 2 aliphatic heterocycles. The lowest BCUT2D eigenvalue weighted by atomic mass is 9.73. The van der Waals surface area contributed by atoms with E-state index in [1.165, 1.54) is 11.6 Å². The summed E-state index contributed by atoms with van der Waals surface area (Å²) in [5.41, 5.74) is 4.44. The monoisotopic (exact) mass is 552 g/mol. The smallest absolute Gasteiger partial charge is 0.242 e. The van der Waals surface area contributed by atoms with Gasteiger partial charge in [-0.15, -0.1) is 0 Å². The zero-order chi connectivity index (χ0) is 28.6. The number of carbonyl (C=O) groups excluding carboxylic acids is 2. The third kappa shape index (κ3) is 5.64. The highest BCUT2D eigenvalue weighted by Crippen LogP contribution is 2.48. The molecule has 1 aliphatic carbocycles. The average molecular weight is 553 g/mol. The Hall–Kier alpha value is -3.97. The van der Waals surface area contributed by atoms with Crippen molar-refractivity contribution < 1.29 is 14.0 Å². The molecule has 1 amide bonds. The molecule has 3 aromatic carbocycles. The van der Waals surface area contributed by atoms with Crippen molar-refractivity contribution in [3.63, 3.8) is 0 Å². The number of rotatable bonds is 5. The van der Waals surface area contributed by atoms with Crippen molar-refractivity contribution in [2.24, 2.45) is 5.41 Å². The quantitative estimate of drug-likeness (QED) is 0.435. The predicted octanol–water partition coefficient (Wildman–Crippen LogP) is 5.79. The first-order valence-corrected chi connectivity index (χ1v) is 14.5. The highest BCUT2D eigenvalue weighted by molar-refractivity contribution is 6.02. The highest BCUT2D eigenvalue weighted by atomic mass is 19.1. The SMILES string of the molecule is CC1(C)CC(=O)C2=C(C1)Nc1ccccc1N(CC(=O)N1CCN(Cc3ccccc3)CC1)C2c1ccccc1F. The van der Waals surface area contributed by atoms with Gasteiger partial charge >= 0.3 is 0 Å². The Morgan fingerprint density at radius 3 is 2.34 bits per heavy atom. The van der Waals surface area contributed by atoms with E-state index in [9.17, 15) is 9.59 Å². The van der Waals surface area contributed by atoms with Crippen molar-refractivity contribution >= 4 is 23.1 Å². The summed E-state index contributed by atoms with van der Waals surface area (Å²) >= 11 is 0.